The second-order valence-corrected chi connectivity index (χ2v) is 5.84. The number of ether oxygens (including phenoxy) is 3. The average Bonchev–Trinajstić information content (AvgIpc) is 3.04. The molecule has 0 bridgehead atoms. The molecule has 3 aliphatic heterocycles. The lowest BCUT2D eigenvalue weighted by Gasteiger charge is -2.43. The minimum atomic E-state index is 0.170. The van der Waals surface area contributed by atoms with E-state index in [1.54, 1.807) is 0 Å². The van der Waals surface area contributed by atoms with E-state index < -0.39 is 0 Å². The Morgan fingerprint density at radius 2 is 2.11 bits per heavy atom. The van der Waals surface area contributed by atoms with Crippen molar-refractivity contribution < 1.29 is 14.2 Å². The largest absolute Gasteiger partial charge is 0.454 e. The molecule has 2 saturated heterocycles. The maximum atomic E-state index is 5.52. The summed E-state index contributed by atoms with van der Waals surface area (Å²) in [6.45, 7) is 3.14. The first-order valence-corrected chi connectivity index (χ1v) is 7.07. The summed E-state index contributed by atoms with van der Waals surface area (Å²) in [5, 5.41) is 3.59. The summed E-state index contributed by atoms with van der Waals surface area (Å²) in [7, 11) is 0. The molecule has 4 nitrogen and oxygen atoms in total. The Kier molecular flexibility index (Phi) is 2.67. The van der Waals surface area contributed by atoms with Crippen LogP contribution in [0.3, 0.4) is 0 Å². The third-order valence-corrected chi connectivity index (χ3v) is 4.54. The zero-order valence-electron chi connectivity index (χ0n) is 11.0. The number of hydrogen-bond acceptors (Lipinski definition) is 4. The Morgan fingerprint density at radius 3 is 2.84 bits per heavy atom. The SMILES string of the molecule is c1cc2c(cc1C1(CC3CCCN3)COC1)OCO2. The van der Waals surface area contributed by atoms with Gasteiger partial charge in [-0.15, -0.1) is 0 Å². The Morgan fingerprint density at radius 1 is 1.21 bits per heavy atom. The molecule has 1 aromatic carbocycles. The Labute approximate surface area is 113 Å². The predicted molar refractivity (Wildman–Crippen MR) is 70.7 cm³/mol. The molecular formula is C15H19NO3. The van der Waals surface area contributed by atoms with Gasteiger partial charge in [0.15, 0.2) is 11.5 Å². The molecule has 3 heterocycles. The van der Waals surface area contributed by atoms with Gasteiger partial charge in [0.25, 0.3) is 0 Å². The van der Waals surface area contributed by atoms with Crippen molar-refractivity contribution in [2.75, 3.05) is 26.6 Å². The summed E-state index contributed by atoms with van der Waals surface area (Å²) in [6.07, 6.45) is 3.74. The molecule has 1 atom stereocenters. The van der Waals surface area contributed by atoms with Crippen LogP contribution in [0.4, 0.5) is 0 Å². The molecule has 0 amide bonds. The molecule has 19 heavy (non-hydrogen) atoms. The Hall–Kier alpha value is -1.26. The highest BCUT2D eigenvalue weighted by molar-refractivity contribution is 5.47. The highest BCUT2D eigenvalue weighted by Crippen LogP contribution is 2.42. The van der Waals surface area contributed by atoms with Gasteiger partial charge in [-0.1, -0.05) is 6.07 Å². The Balaban J connectivity index is 1.60. The molecule has 0 aliphatic carbocycles. The Bertz CT molecular complexity index is 478. The van der Waals surface area contributed by atoms with Crippen LogP contribution in [0, 0.1) is 0 Å². The fraction of sp³-hybridized carbons (Fsp3) is 0.600. The van der Waals surface area contributed by atoms with Gasteiger partial charge in [-0.3, -0.25) is 0 Å². The van der Waals surface area contributed by atoms with Crippen LogP contribution < -0.4 is 14.8 Å². The first-order chi connectivity index (χ1) is 9.36. The maximum absolute atomic E-state index is 5.52. The smallest absolute Gasteiger partial charge is 0.231 e. The molecular weight excluding hydrogens is 242 g/mol. The molecule has 2 fully saturated rings. The van der Waals surface area contributed by atoms with Crippen molar-refractivity contribution in [3.8, 4) is 11.5 Å². The average molecular weight is 261 g/mol. The van der Waals surface area contributed by atoms with Gasteiger partial charge in [0.2, 0.25) is 6.79 Å². The number of nitrogens with one attached hydrogen (secondary N) is 1. The monoisotopic (exact) mass is 261 g/mol. The molecule has 0 saturated carbocycles. The van der Waals surface area contributed by atoms with Gasteiger partial charge in [-0.05, 0) is 43.5 Å². The third kappa shape index (κ3) is 1.90. The second kappa shape index (κ2) is 4.39. The van der Waals surface area contributed by atoms with E-state index in [1.165, 1.54) is 18.4 Å². The fourth-order valence-corrected chi connectivity index (χ4v) is 3.38. The van der Waals surface area contributed by atoms with Crippen molar-refractivity contribution >= 4 is 0 Å². The van der Waals surface area contributed by atoms with E-state index in [1.807, 2.05) is 6.07 Å². The van der Waals surface area contributed by atoms with Crippen molar-refractivity contribution in [3.63, 3.8) is 0 Å². The van der Waals surface area contributed by atoms with Crippen molar-refractivity contribution in [1.29, 1.82) is 0 Å². The molecule has 3 aliphatic rings. The standard InChI is InChI=1S/C15H19NO3/c1-2-12(16-5-1)7-15(8-17-9-15)11-3-4-13-14(6-11)19-10-18-13/h3-4,6,12,16H,1-2,5,7-10H2. The molecule has 0 spiro atoms. The summed E-state index contributed by atoms with van der Waals surface area (Å²) >= 11 is 0. The molecule has 1 aromatic rings. The van der Waals surface area contributed by atoms with Gasteiger partial charge in [0.1, 0.15) is 0 Å². The lowest BCUT2D eigenvalue weighted by atomic mass is 9.73. The zero-order valence-corrected chi connectivity index (χ0v) is 11.0. The van der Waals surface area contributed by atoms with Crippen LogP contribution in [0.2, 0.25) is 0 Å². The topological polar surface area (TPSA) is 39.7 Å². The number of rotatable bonds is 3. The van der Waals surface area contributed by atoms with Crippen LogP contribution in [-0.2, 0) is 10.2 Å². The van der Waals surface area contributed by atoms with E-state index in [2.05, 4.69) is 17.4 Å². The number of benzene rings is 1. The highest BCUT2D eigenvalue weighted by Gasteiger charge is 2.43. The van der Waals surface area contributed by atoms with Crippen molar-refractivity contribution in [2.45, 2.75) is 30.7 Å². The van der Waals surface area contributed by atoms with Crippen LogP contribution in [0.5, 0.6) is 11.5 Å². The quantitative estimate of drug-likeness (QED) is 0.901. The first-order valence-electron chi connectivity index (χ1n) is 7.07. The van der Waals surface area contributed by atoms with Gasteiger partial charge >= 0.3 is 0 Å². The fourth-order valence-electron chi connectivity index (χ4n) is 3.38. The van der Waals surface area contributed by atoms with E-state index >= 15 is 0 Å². The summed E-state index contributed by atoms with van der Waals surface area (Å²) in [4.78, 5) is 0. The van der Waals surface area contributed by atoms with Gasteiger partial charge < -0.3 is 19.5 Å². The molecule has 102 valence electrons. The predicted octanol–water partition coefficient (Wildman–Crippen LogP) is 1.83. The lowest BCUT2D eigenvalue weighted by Crippen LogP contribution is -2.50. The van der Waals surface area contributed by atoms with Crippen LogP contribution >= 0.6 is 0 Å². The molecule has 4 heteroatoms. The lowest BCUT2D eigenvalue weighted by molar-refractivity contribution is -0.0679. The summed E-state index contributed by atoms with van der Waals surface area (Å²) in [5.74, 6) is 1.74. The van der Waals surface area contributed by atoms with E-state index in [-0.39, 0.29) is 5.41 Å². The van der Waals surface area contributed by atoms with Gasteiger partial charge in [0.05, 0.1) is 13.2 Å². The van der Waals surface area contributed by atoms with E-state index in [0.29, 0.717) is 12.8 Å². The third-order valence-electron chi connectivity index (χ3n) is 4.54. The normalized spacial score (nSPS) is 27.3. The molecule has 1 N–H and O–H groups in total. The van der Waals surface area contributed by atoms with E-state index in [9.17, 15) is 0 Å². The van der Waals surface area contributed by atoms with Crippen molar-refractivity contribution in [1.82, 2.24) is 5.32 Å². The minimum Gasteiger partial charge on any atom is -0.454 e. The number of fused-ring (bicyclic) bond motifs is 1. The van der Waals surface area contributed by atoms with Gasteiger partial charge in [-0.2, -0.15) is 0 Å². The van der Waals surface area contributed by atoms with Crippen LogP contribution in [-0.4, -0.2) is 32.6 Å². The maximum Gasteiger partial charge on any atom is 0.231 e. The summed E-state index contributed by atoms with van der Waals surface area (Å²) < 4.78 is 16.4. The first kappa shape index (κ1) is 11.6. The van der Waals surface area contributed by atoms with Gasteiger partial charge in [0, 0.05) is 11.5 Å². The molecule has 4 rings (SSSR count). The second-order valence-electron chi connectivity index (χ2n) is 5.84. The zero-order chi connectivity index (χ0) is 12.7. The van der Waals surface area contributed by atoms with E-state index in [0.717, 1.165) is 37.7 Å². The molecule has 0 radical (unpaired) electrons. The van der Waals surface area contributed by atoms with Crippen molar-refractivity contribution in [3.05, 3.63) is 23.8 Å². The van der Waals surface area contributed by atoms with Gasteiger partial charge in [-0.25, -0.2) is 0 Å². The highest BCUT2D eigenvalue weighted by atomic mass is 16.7. The van der Waals surface area contributed by atoms with Crippen molar-refractivity contribution in [2.24, 2.45) is 0 Å². The van der Waals surface area contributed by atoms with E-state index in [4.69, 9.17) is 14.2 Å². The van der Waals surface area contributed by atoms with Crippen LogP contribution in [0.15, 0.2) is 18.2 Å². The summed E-state index contributed by atoms with van der Waals surface area (Å²) in [5.41, 5.74) is 1.50. The molecule has 0 aromatic heterocycles. The minimum absolute atomic E-state index is 0.170. The number of hydrogen-bond donors (Lipinski definition) is 1. The summed E-state index contributed by atoms with van der Waals surface area (Å²) in [6, 6.07) is 6.97. The van der Waals surface area contributed by atoms with Crippen LogP contribution in [0.25, 0.3) is 0 Å². The molecule has 1 unspecified atom stereocenters. The van der Waals surface area contributed by atoms with Crippen LogP contribution in [0.1, 0.15) is 24.8 Å².